The van der Waals surface area contributed by atoms with Gasteiger partial charge in [-0.2, -0.15) is 0 Å². The Balaban J connectivity index is 2.00. The van der Waals surface area contributed by atoms with E-state index in [1.54, 1.807) is 0 Å². The number of hydrogen-bond acceptors (Lipinski definition) is 3. The van der Waals surface area contributed by atoms with Crippen molar-refractivity contribution in [3.05, 3.63) is 0 Å². The molecule has 0 aromatic carbocycles. The molecule has 3 unspecified atom stereocenters. The summed E-state index contributed by atoms with van der Waals surface area (Å²) in [4.78, 5) is 11.8. The van der Waals surface area contributed by atoms with Gasteiger partial charge in [0.25, 0.3) is 0 Å². The largest absolute Gasteiger partial charge is 0.465 e. The predicted octanol–water partition coefficient (Wildman–Crippen LogP) is 1.72. The minimum Gasteiger partial charge on any atom is -0.465 e. The number of nitrogens with one attached hydrogen (secondary N) is 1. The summed E-state index contributed by atoms with van der Waals surface area (Å²) in [6.07, 6.45) is 6.36. The van der Waals surface area contributed by atoms with Crippen molar-refractivity contribution in [3.8, 4) is 0 Å². The summed E-state index contributed by atoms with van der Waals surface area (Å²) < 4.78 is 5.13. The zero-order valence-corrected chi connectivity index (χ0v) is 9.50. The molecule has 0 bridgehead atoms. The lowest BCUT2D eigenvalue weighted by Crippen LogP contribution is -2.52. The maximum atomic E-state index is 11.8. The third-order valence-corrected chi connectivity index (χ3v) is 3.82. The number of ether oxygens (including phenoxy) is 1. The van der Waals surface area contributed by atoms with Crippen molar-refractivity contribution in [1.82, 2.24) is 5.32 Å². The van der Waals surface area contributed by atoms with Gasteiger partial charge in [-0.05, 0) is 38.1 Å². The second-order valence-corrected chi connectivity index (χ2v) is 4.68. The molecule has 15 heavy (non-hydrogen) atoms. The molecule has 1 aliphatic heterocycles. The molecule has 2 aliphatic rings. The fourth-order valence-corrected chi connectivity index (χ4v) is 3.10. The van der Waals surface area contributed by atoms with Gasteiger partial charge in [0, 0.05) is 0 Å². The maximum absolute atomic E-state index is 11.8. The average molecular weight is 211 g/mol. The first kappa shape index (κ1) is 10.9. The molecule has 3 nitrogen and oxygen atoms in total. The number of fused-ring (bicyclic) bond motifs is 1. The standard InChI is InChI=1S/C12H21NO2/c1-2-15-12(14)11-10-6-4-3-5-9(10)7-8-13-11/h9-11,13H,2-8H2,1H3. The number of carbonyl (C=O) groups excluding carboxylic acids is 1. The monoisotopic (exact) mass is 211 g/mol. The summed E-state index contributed by atoms with van der Waals surface area (Å²) in [5, 5.41) is 3.33. The van der Waals surface area contributed by atoms with Crippen LogP contribution in [0.15, 0.2) is 0 Å². The van der Waals surface area contributed by atoms with E-state index in [1.165, 1.54) is 32.1 Å². The molecule has 1 N–H and O–H groups in total. The van der Waals surface area contributed by atoms with Gasteiger partial charge in [-0.15, -0.1) is 0 Å². The average Bonchev–Trinajstić information content (AvgIpc) is 2.28. The summed E-state index contributed by atoms with van der Waals surface area (Å²) in [5.74, 6) is 1.26. The van der Waals surface area contributed by atoms with Crippen LogP contribution in [0.3, 0.4) is 0 Å². The minimum atomic E-state index is -0.0332. The summed E-state index contributed by atoms with van der Waals surface area (Å²) in [7, 11) is 0. The molecular formula is C12H21NO2. The molecule has 1 saturated heterocycles. The van der Waals surface area contributed by atoms with Gasteiger partial charge in [0.1, 0.15) is 6.04 Å². The van der Waals surface area contributed by atoms with E-state index in [0.29, 0.717) is 12.5 Å². The third-order valence-electron chi connectivity index (χ3n) is 3.82. The number of piperidine rings is 1. The van der Waals surface area contributed by atoms with E-state index >= 15 is 0 Å². The SMILES string of the molecule is CCOC(=O)C1NCCC2CCCCC21. The predicted molar refractivity (Wildman–Crippen MR) is 58.5 cm³/mol. The van der Waals surface area contributed by atoms with Crippen LogP contribution in [0.25, 0.3) is 0 Å². The van der Waals surface area contributed by atoms with Crippen LogP contribution in [0.2, 0.25) is 0 Å². The minimum absolute atomic E-state index is 0.0241. The molecule has 86 valence electrons. The Morgan fingerprint density at radius 1 is 1.33 bits per heavy atom. The van der Waals surface area contributed by atoms with Crippen LogP contribution in [0.1, 0.15) is 39.0 Å². The van der Waals surface area contributed by atoms with Crippen LogP contribution in [0.5, 0.6) is 0 Å². The van der Waals surface area contributed by atoms with Crippen LogP contribution in [-0.2, 0) is 9.53 Å². The molecule has 1 aliphatic carbocycles. The molecule has 3 heteroatoms. The molecule has 2 rings (SSSR count). The number of hydrogen-bond donors (Lipinski definition) is 1. The van der Waals surface area contributed by atoms with Crippen LogP contribution >= 0.6 is 0 Å². The van der Waals surface area contributed by atoms with E-state index in [-0.39, 0.29) is 12.0 Å². The lowest BCUT2D eigenvalue weighted by molar-refractivity contribution is -0.149. The first-order valence-corrected chi connectivity index (χ1v) is 6.23. The molecular weight excluding hydrogens is 190 g/mol. The van der Waals surface area contributed by atoms with Crippen LogP contribution < -0.4 is 5.32 Å². The van der Waals surface area contributed by atoms with E-state index in [1.807, 2.05) is 6.92 Å². The van der Waals surface area contributed by atoms with Gasteiger partial charge in [-0.1, -0.05) is 19.3 Å². The van der Waals surface area contributed by atoms with Crippen molar-refractivity contribution in [2.75, 3.05) is 13.2 Å². The van der Waals surface area contributed by atoms with E-state index in [0.717, 1.165) is 12.5 Å². The Bertz CT molecular complexity index is 228. The Morgan fingerprint density at radius 2 is 2.13 bits per heavy atom. The first-order chi connectivity index (χ1) is 7.33. The Hall–Kier alpha value is -0.570. The lowest BCUT2D eigenvalue weighted by Gasteiger charge is -2.40. The second kappa shape index (κ2) is 4.97. The Labute approximate surface area is 91.6 Å². The maximum Gasteiger partial charge on any atom is 0.323 e. The van der Waals surface area contributed by atoms with Gasteiger partial charge in [-0.3, -0.25) is 4.79 Å². The molecule has 3 atom stereocenters. The quantitative estimate of drug-likeness (QED) is 0.707. The van der Waals surface area contributed by atoms with E-state index in [2.05, 4.69) is 5.32 Å². The molecule has 0 aromatic heterocycles. The molecule has 0 amide bonds. The molecule has 1 heterocycles. The summed E-state index contributed by atoms with van der Waals surface area (Å²) in [5.41, 5.74) is 0. The molecule has 0 radical (unpaired) electrons. The topological polar surface area (TPSA) is 38.3 Å². The highest BCUT2D eigenvalue weighted by Gasteiger charge is 2.38. The van der Waals surface area contributed by atoms with E-state index < -0.39 is 0 Å². The fraction of sp³-hybridized carbons (Fsp3) is 0.917. The van der Waals surface area contributed by atoms with Gasteiger partial charge >= 0.3 is 5.97 Å². The van der Waals surface area contributed by atoms with Crippen molar-refractivity contribution in [2.24, 2.45) is 11.8 Å². The first-order valence-electron chi connectivity index (χ1n) is 6.23. The van der Waals surface area contributed by atoms with Crippen molar-refractivity contribution in [3.63, 3.8) is 0 Å². The third kappa shape index (κ3) is 2.33. The summed E-state index contributed by atoms with van der Waals surface area (Å²) in [6.45, 7) is 3.35. The molecule has 2 fully saturated rings. The van der Waals surface area contributed by atoms with Crippen molar-refractivity contribution in [2.45, 2.75) is 45.1 Å². The Kier molecular flexibility index (Phi) is 3.62. The second-order valence-electron chi connectivity index (χ2n) is 4.68. The van der Waals surface area contributed by atoms with Crippen LogP contribution in [0, 0.1) is 11.8 Å². The molecule has 1 saturated carbocycles. The van der Waals surface area contributed by atoms with E-state index in [4.69, 9.17) is 4.74 Å². The molecule has 0 aromatic rings. The van der Waals surface area contributed by atoms with Crippen molar-refractivity contribution >= 4 is 5.97 Å². The van der Waals surface area contributed by atoms with Crippen LogP contribution in [0.4, 0.5) is 0 Å². The van der Waals surface area contributed by atoms with Gasteiger partial charge in [-0.25, -0.2) is 0 Å². The number of esters is 1. The van der Waals surface area contributed by atoms with Gasteiger partial charge in [0.05, 0.1) is 6.61 Å². The fourth-order valence-electron chi connectivity index (χ4n) is 3.10. The highest BCUT2D eigenvalue weighted by atomic mass is 16.5. The smallest absolute Gasteiger partial charge is 0.323 e. The summed E-state index contributed by atoms with van der Waals surface area (Å²) in [6, 6.07) is -0.0241. The normalized spacial score (nSPS) is 35.7. The van der Waals surface area contributed by atoms with Gasteiger partial charge < -0.3 is 10.1 Å². The zero-order valence-electron chi connectivity index (χ0n) is 9.50. The summed E-state index contributed by atoms with van der Waals surface area (Å²) >= 11 is 0. The highest BCUT2D eigenvalue weighted by Crippen LogP contribution is 2.36. The number of carbonyl (C=O) groups is 1. The highest BCUT2D eigenvalue weighted by molar-refractivity contribution is 5.76. The van der Waals surface area contributed by atoms with E-state index in [9.17, 15) is 4.79 Å². The van der Waals surface area contributed by atoms with Crippen molar-refractivity contribution < 1.29 is 9.53 Å². The van der Waals surface area contributed by atoms with Crippen LogP contribution in [-0.4, -0.2) is 25.2 Å². The number of rotatable bonds is 2. The molecule has 0 spiro atoms. The van der Waals surface area contributed by atoms with Gasteiger partial charge in [0.15, 0.2) is 0 Å². The van der Waals surface area contributed by atoms with Crippen molar-refractivity contribution in [1.29, 1.82) is 0 Å². The lowest BCUT2D eigenvalue weighted by atomic mass is 9.71. The Morgan fingerprint density at radius 3 is 2.93 bits per heavy atom. The zero-order chi connectivity index (χ0) is 10.7. The van der Waals surface area contributed by atoms with Gasteiger partial charge in [0.2, 0.25) is 0 Å².